The summed E-state index contributed by atoms with van der Waals surface area (Å²) in [6.07, 6.45) is 0. The van der Waals surface area contributed by atoms with Crippen molar-refractivity contribution in [1.29, 1.82) is 0 Å². The predicted molar refractivity (Wildman–Crippen MR) is 45.8 cm³/mol. The first-order valence-corrected chi connectivity index (χ1v) is 3.73. The normalized spacial score (nSPS) is 9.67. The molecule has 0 saturated heterocycles. The third kappa shape index (κ3) is 2.14. The molecular formula is C6H5Cl2P. The van der Waals surface area contributed by atoms with Gasteiger partial charge in [-0.25, -0.2) is 0 Å². The van der Waals surface area contributed by atoms with Crippen molar-refractivity contribution in [3.63, 3.8) is 0 Å². The summed E-state index contributed by atoms with van der Waals surface area (Å²) < 4.78 is 0. The van der Waals surface area contributed by atoms with Crippen LogP contribution in [0.2, 0.25) is 10.0 Å². The number of hydrogen-bond acceptors (Lipinski definition) is 0. The van der Waals surface area contributed by atoms with Crippen LogP contribution in [0, 0.1) is 0 Å². The Balaban J connectivity index is 3.17. The van der Waals surface area contributed by atoms with Crippen LogP contribution in [0.5, 0.6) is 0 Å². The summed E-state index contributed by atoms with van der Waals surface area (Å²) in [6, 6.07) is 5.37. The fraction of sp³-hybridized carbons (Fsp3) is 0. The highest BCUT2D eigenvalue weighted by Crippen LogP contribution is 2.14. The Labute approximate surface area is 66.4 Å². The maximum absolute atomic E-state index is 5.65. The average Bonchev–Trinajstić information content (AvgIpc) is 1.59. The molecule has 0 aliphatic rings. The van der Waals surface area contributed by atoms with Crippen molar-refractivity contribution in [3.8, 4) is 0 Å². The van der Waals surface area contributed by atoms with Gasteiger partial charge < -0.3 is 0 Å². The summed E-state index contributed by atoms with van der Waals surface area (Å²) in [4.78, 5) is 0. The van der Waals surface area contributed by atoms with Gasteiger partial charge in [0, 0.05) is 10.0 Å². The van der Waals surface area contributed by atoms with E-state index in [0.717, 1.165) is 5.30 Å². The molecule has 0 amide bonds. The molecule has 1 aromatic rings. The van der Waals surface area contributed by atoms with Crippen LogP contribution in [0.1, 0.15) is 0 Å². The summed E-state index contributed by atoms with van der Waals surface area (Å²) in [5, 5.41) is 2.35. The van der Waals surface area contributed by atoms with Crippen molar-refractivity contribution in [3.05, 3.63) is 28.2 Å². The van der Waals surface area contributed by atoms with E-state index in [9.17, 15) is 0 Å². The Hall–Kier alpha value is 0.230. The monoisotopic (exact) mass is 178 g/mol. The minimum atomic E-state index is 0.674. The van der Waals surface area contributed by atoms with Crippen LogP contribution in [0.25, 0.3) is 0 Å². The van der Waals surface area contributed by atoms with Gasteiger partial charge in [-0.1, -0.05) is 23.2 Å². The lowest BCUT2D eigenvalue weighted by molar-refractivity contribution is 1.77. The van der Waals surface area contributed by atoms with Crippen molar-refractivity contribution in [1.82, 2.24) is 0 Å². The highest BCUT2D eigenvalue weighted by atomic mass is 35.5. The van der Waals surface area contributed by atoms with E-state index in [2.05, 4.69) is 9.24 Å². The van der Waals surface area contributed by atoms with E-state index in [1.165, 1.54) is 0 Å². The molecule has 0 fully saturated rings. The van der Waals surface area contributed by atoms with Gasteiger partial charge in [0.25, 0.3) is 0 Å². The van der Waals surface area contributed by atoms with Gasteiger partial charge >= 0.3 is 0 Å². The fourth-order valence-corrected chi connectivity index (χ4v) is 1.69. The van der Waals surface area contributed by atoms with Crippen LogP contribution in [-0.2, 0) is 0 Å². The molecule has 0 saturated carbocycles. The Bertz CT molecular complexity index is 172. The van der Waals surface area contributed by atoms with E-state index in [1.807, 2.05) is 12.1 Å². The highest BCUT2D eigenvalue weighted by Gasteiger charge is 1.91. The molecule has 1 unspecified atom stereocenters. The standard InChI is InChI=1S/C6H5Cl2P/c7-4-1-5(8)3-6(9)2-4/h1-3H,9H2. The van der Waals surface area contributed by atoms with Gasteiger partial charge in [-0.15, -0.1) is 9.24 Å². The lowest BCUT2D eigenvalue weighted by atomic mass is 10.4. The first-order valence-electron chi connectivity index (χ1n) is 2.40. The Kier molecular flexibility index (Phi) is 2.35. The maximum Gasteiger partial charge on any atom is 0.0426 e. The lowest BCUT2D eigenvalue weighted by Crippen LogP contribution is -1.86. The van der Waals surface area contributed by atoms with Gasteiger partial charge in [0.15, 0.2) is 0 Å². The summed E-state index contributed by atoms with van der Waals surface area (Å²) >= 11 is 11.3. The molecule has 0 heterocycles. The Morgan fingerprint density at radius 3 is 1.78 bits per heavy atom. The smallest absolute Gasteiger partial charge is 0.0426 e. The van der Waals surface area contributed by atoms with Gasteiger partial charge in [0.2, 0.25) is 0 Å². The van der Waals surface area contributed by atoms with Crippen LogP contribution >= 0.6 is 32.4 Å². The molecule has 0 bridgehead atoms. The number of halogens is 2. The largest absolute Gasteiger partial charge is 0.106 e. The van der Waals surface area contributed by atoms with Crippen LogP contribution in [0.3, 0.4) is 0 Å². The van der Waals surface area contributed by atoms with Crippen LogP contribution in [0.4, 0.5) is 0 Å². The van der Waals surface area contributed by atoms with Crippen molar-refractivity contribution in [2.24, 2.45) is 0 Å². The molecule has 0 spiro atoms. The van der Waals surface area contributed by atoms with E-state index >= 15 is 0 Å². The molecule has 9 heavy (non-hydrogen) atoms. The van der Waals surface area contributed by atoms with E-state index in [0.29, 0.717) is 10.0 Å². The van der Waals surface area contributed by atoms with Gasteiger partial charge in [-0.05, 0) is 23.5 Å². The summed E-state index contributed by atoms with van der Waals surface area (Å²) in [5.41, 5.74) is 0. The van der Waals surface area contributed by atoms with E-state index in [1.54, 1.807) is 6.07 Å². The topological polar surface area (TPSA) is 0 Å². The van der Waals surface area contributed by atoms with E-state index < -0.39 is 0 Å². The van der Waals surface area contributed by atoms with Gasteiger partial charge in [0.1, 0.15) is 0 Å². The molecule has 0 radical (unpaired) electrons. The molecule has 1 rings (SSSR count). The zero-order valence-corrected chi connectivity index (χ0v) is 7.23. The second-order valence-electron chi connectivity index (χ2n) is 1.70. The lowest BCUT2D eigenvalue weighted by Gasteiger charge is -1.93. The summed E-state index contributed by atoms with van der Waals surface area (Å²) in [5.74, 6) is 0. The zero-order valence-electron chi connectivity index (χ0n) is 4.57. The van der Waals surface area contributed by atoms with Crippen molar-refractivity contribution >= 4 is 37.7 Å². The SMILES string of the molecule is Pc1cc(Cl)cc(Cl)c1. The average molecular weight is 179 g/mol. The Morgan fingerprint density at radius 2 is 1.44 bits per heavy atom. The first kappa shape index (κ1) is 7.34. The van der Waals surface area contributed by atoms with Gasteiger partial charge in [0.05, 0.1) is 0 Å². The predicted octanol–water partition coefficient (Wildman–Crippen LogP) is 2.49. The summed E-state index contributed by atoms with van der Waals surface area (Å²) in [6.45, 7) is 0. The molecule has 0 nitrogen and oxygen atoms in total. The van der Waals surface area contributed by atoms with Crippen molar-refractivity contribution < 1.29 is 0 Å². The molecular weight excluding hydrogens is 174 g/mol. The second kappa shape index (κ2) is 2.88. The minimum Gasteiger partial charge on any atom is -0.106 e. The van der Waals surface area contributed by atoms with E-state index in [4.69, 9.17) is 23.2 Å². The van der Waals surface area contributed by atoms with Crippen LogP contribution in [0.15, 0.2) is 18.2 Å². The van der Waals surface area contributed by atoms with Crippen molar-refractivity contribution in [2.75, 3.05) is 0 Å². The molecule has 1 atom stereocenters. The molecule has 0 N–H and O–H groups in total. The highest BCUT2D eigenvalue weighted by molar-refractivity contribution is 7.27. The van der Waals surface area contributed by atoms with Crippen LogP contribution < -0.4 is 5.30 Å². The zero-order chi connectivity index (χ0) is 6.85. The third-order valence-electron chi connectivity index (χ3n) is 0.885. The number of hydrogen-bond donors (Lipinski definition) is 0. The van der Waals surface area contributed by atoms with Crippen LogP contribution in [-0.4, -0.2) is 0 Å². The Morgan fingerprint density at radius 1 is 1.00 bits per heavy atom. The molecule has 3 heteroatoms. The number of rotatable bonds is 0. The van der Waals surface area contributed by atoms with Crippen molar-refractivity contribution in [2.45, 2.75) is 0 Å². The minimum absolute atomic E-state index is 0.674. The summed E-state index contributed by atoms with van der Waals surface area (Å²) in [7, 11) is 2.53. The molecule has 48 valence electrons. The molecule has 1 aromatic carbocycles. The second-order valence-corrected chi connectivity index (χ2v) is 3.24. The molecule has 0 aliphatic carbocycles. The first-order chi connectivity index (χ1) is 4.18. The number of benzene rings is 1. The maximum atomic E-state index is 5.65. The van der Waals surface area contributed by atoms with E-state index in [-0.39, 0.29) is 0 Å². The third-order valence-corrected chi connectivity index (χ3v) is 1.65. The molecule has 0 aliphatic heterocycles. The molecule has 0 aromatic heterocycles. The quantitative estimate of drug-likeness (QED) is 0.536. The fourth-order valence-electron chi connectivity index (χ4n) is 0.575. The van der Waals surface area contributed by atoms with Gasteiger partial charge in [-0.2, -0.15) is 0 Å². The van der Waals surface area contributed by atoms with Gasteiger partial charge in [-0.3, -0.25) is 0 Å².